The monoisotopic (exact) mass is 227 g/mol. The second-order valence-electron chi connectivity index (χ2n) is 3.89. The fourth-order valence-electron chi connectivity index (χ4n) is 1.35. The summed E-state index contributed by atoms with van der Waals surface area (Å²) in [6.07, 6.45) is 9.65. The van der Waals surface area contributed by atoms with E-state index < -0.39 is 10.8 Å². The zero-order valence-corrected chi connectivity index (χ0v) is 10.3. The van der Waals surface area contributed by atoms with Gasteiger partial charge in [-0.3, -0.25) is 0 Å². The van der Waals surface area contributed by atoms with Crippen molar-refractivity contribution < 1.29 is 9.04 Å². The summed E-state index contributed by atoms with van der Waals surface area (Å²) in [6, 6.07) is 0. The number of halogens is 1. The molecule has 0 aromatic heterocycles. The first-order chi connectivity index (χ1) is 7.58. The fourth-order valence-corrected chi connectivity index (χ4v) is 1.35. The van der Waals surface area contributed by atoms with E-state index in [0.29, 0.717) is 25.9 Å². The van der Waals surface area contributed by atoms with E-state index in [9.17, 15) is 9.60 Å². The van der Waals surface area contributed by atoms with Crippen LogP contribution < -0.4 is 0 Å². The summed E-state index contributed by atoms with van der Waals surface area (Å²) in [5.41, 5.74) is 0. The average molecular weight is 227 g/mol. The van der Waals surface area contributed by atoms with E-state index in [-0.39, 0.29) is 0 Å². The Hall–Kier alpha value is -0.850. The van der Waals surface area contributed by atoms with Crippen LogP contribution in [0.15, 0.2) is 12.3 Å². The van der Waals surface area contributed by atoms with Gasteiger partial charge in [0, 0.05) is 12.5 Å². The highest BCUT2D eigenvalue weighted by atomic mass is 19.1. The molecule has 0 saturated heterocycles. The molecule has 16 heavy (non-hydrogen) atoms. The molecule has 0 aliphatic carbocycles. The van der Waals surface area contributed by atoms with Gasteiger partial charge in [0.1, 0.15) is 6.17 Å². The van der Waals surface area contributed by atoms with Crippen LogP contribution in [-0.4, -0.2) is 23.9 Å². The van der Waals surface area contributed by atoms with E-state index in [4.69, 9.17) is 6.42 Å². The summed E-state index contributed by atoms with van der Waals surface area (Å²) in [7, 11) is 0. The van der Waals surface area contributed by atoms with Crippen molar-refractivity contribution in [2.24, 2.45) is 0 Å². The van der Waals surface area contributed by atoms with Crippen LogP contribution in [0.5, 0.6) is 0 Å². The normalized spacial score (nSPS) is 13.9. The smallest absolute Gasteiger partial charge is 0.124 e. The third-order valence-corrected chi connectivity index (χ3v) is 2.69. The number of rotatable bonds is 8. The van der Waals surface area contributed by atoms with Crippen molar-refractivity contribution in [2.75, 3.05) is 13.1 Å². The summed E-state index contributed by atoms with van der Waals surface area (Å²) in [4.78, 5) is 0. The average Bonchev–Trinajstić information content (AvgIpc) is 2.31. The maximum atomic E-state index is 13.3. The number of quaternary nitrogens is 1. The first-order valence-corrected chi connectivity index (χ1v) is 5.92. The Kier molecular flexibility index (Phi) is 7.88. The molecule has 1 atom stereocenters. The maximum Gasteiger partial charge on any atom is 0.124 e. The van der Waals surface area contributed by atoms with Gasteiger partial charge >= 0.3 is 0 Å². The molecular formula is C13H22FNO. The molecule has 0 saturated carbocycles. The van der Waals surface area contributed by atoms with Gasteiger partial charge < -0.3 is 9.85 Å². The number of hydrogen-bond donors (Lipinski definition) is 0. The third-order valence-electron chi connectivity index (χ3n) is 2.69. The minimum Gasteiger partial charge on any atom is -0.628 e. The second-order valence-corrected chi connectivity index (χ2v) is 3.89. The van der Waals surface area contributed by atoms with Crippen LogP contribution in [0.25, 0.3) is 0 Å². The predicted molar refractivity (Wildman–Crippen MR) is 66.0 cm³/mol. The van der Waals surface area contributed by atoms with E-state index in [2.05, 4.69) is 5.92 Å². The van der Waals surface area contributed by atoms with Gasteiger partial charge in [0.15, 0.2) is 0 Å². The number of nitrogens with zero attached hydrogens (tertiary/aromatic N) is 1. The molecule has 0 fully saturated rings. The summed E-state index contributed by atoms with van der Waals surface area (Å²) in [5.74, 6) is 2.52. The Labute approximate surface area is 98.3 Å². The standard InChI is InChI=1S/C13H22FNO/c1-4-7-8-9-10-13(14)11-12-15(16,5-2)6-3/h1,11-13H,5-10H2,2-3H3. The van der Waals surface area contributed by atoms with Crippen molar-refractivity contribution in [2.45, 2.75) is 45.7 Å². The minimum atomic E-state index is -1.03. The highest BCUT2D eigenvalue weighted by Crippen LogP contribution is 2.11. The Bertz CT molecular complexity index is 241. The molecule has 0 heterocycles. The minimum absolute atomic E-state index is 0.441. The summed E-state index contributed by atoms with van der Waals surface area (Å²) in [6.45, 7) is 4.50. The van der Waals surface area contributed by atoms with Crippen molar-refractivity contribution in [3.8, 4) is 12.3 Å². The predicted octanol–water partition coefficient (Wildman–Crippen LogP) is 3.39. The lowest BCUT2D eigenvalue weighted by atomic mass is 10.1. The molecule has 0 bridgehead atoms. The largest absolute Gasteiger partial charge is 0.628 e. The van der Waals surface area contributed by atoms with Crippen LogP contribution >= 0.6 is 0 Å². The van der Waals surface area contributed by atoms with E-state index in [1.165, 1.54) is 12.3 Å². The highest BCUT2D eigenvalue weighted by Gasteiger charge is 2.08. The van der Waals surface area contributed by atoms with Gasteiger partial charge in [-0.05, 0) is 33.1 Å². The van der Waals surface area contributed by atoms with E-state index in [1.807, 2.05) is 0 Å². The molecule has 92 valence electrons. The molecule has 1 unspecified atom stereocenters. The van der Waals surface area contributed by atoms with Gasteiger partial charge in [0.05, 0.1) is 19.3 Å². The highest BCUT2D eigenvalue weighted by molar-refractivity contribution is 4.86. The van der Waals surface area contributed by atoms with Gasteiger partial charge in [-0.2, -0.15) is 0 Å². The molecule has 0 rings (SSSR count). The number of terminal acetylenes is 1. The van der Waals surface area contributed by atoms with Crippen molar-refractivity contribution in [3.63, 3.8) is 0 Å². The molecule has 0 aromatic carbocycles. The zero-order chi connectivity index (χ0) is 12.4. The van der Waals surface area contributed by atoms with Gasteiger partial charge in [0.2, 0.25) is 0 Å². The lowest BCUT2D eigenvalue weighted by Crippen LogP contribution is -2.35. The molecule has 2 nitrogen and oxygen atoms in total. The first-order valence-electron chi connectivity index (χ1n) is 5.92. The number of hydrogen-bond acceptors (Lipinski definition) is 1. The Morgan fingerprint density at radius 3 is 2.50 bits per heavy atom. The Morgan fingerprint density at radius 2 is 2.00 bits per heavy atom. The lowest BCUT2D eigenvalue weighted by Gasteiger charge is -2.36. The number of alkyl halides is 1. The van der Waals surface area contributed by atoms with Gasteiger partial charge in [-0.15, -0.1) is 12.3 Å². The maximum absolute atomic E-state index is 13.3. The van der Waals surface area contributed by atoms with Crippen molar-refractivity contribution in [3.05, 3.63) is 17.5 Å². The van der Waals surface area contributed by atoms with Crippen molar-refractivity contribution in [1.29, 1.82) is 0 Å². The molecule has 0 spiro atoms. The summed E-state index contributed by atoms with van der Waals surface area (Å²) < 4.78 is 12.9. The van der Waals surface area contributed by atoms with Gasteiger partial charge in [0.25, 0.3) is 0 Å². The molecule has 0 aromatic rings. The van der Waals surface area contributed by atoms with Gasteiger partial charge in [-0.25, -0.2) is 4.39 Å². The second kappa shape index (κ2) is 8.32. The molecule has 0 N–H and O–H groups in total. The Balaban J connectivity index is 3.90. The van der Waals surface area contributed by atoms with Gasteiger partial charge in [-0.1, -0.05) is 0 Å². The van der Waals surface area contributed by atoms with Crippen LogP contribution in [0.3, 0.4) is 0 Å². The van der Waals surface area contributed by atoms with Crippen LogP contribution in [0.1, 0.15) is 39.5 Å². The fraction of sp³-hybridized carbons (Fsp3) is 0.692. The number of hydroxylamine groups is 3. The van der Waals surface area contributed by atoms with Crippen LogP contribution in [0, 0.1) is 17.6 Å². The van der Waals surface area contributed by atoms with Crippen LogP contribution in [0.2, 0.25) is 0 Å². The molecule has 0 amide bonds. The van der Waals surface area contributed by atoms with Crippen molar-refractivity contribution in [1.82, 2.24) is 0 Å². The lowest BCUT2D eigenvalue weighted by molar-refractivity contribution is -0.825. The number of unbranched alkanes of at least 4 members (excludes halogenated alkanes) is 2. The molecule has 0 radical (unpaired) electrons. The molecule has 0 aliphatic rings. The van der Waals surface area contributed by atoms with Crippen LogP contribution in [0.4, 0.5) is 4.39 Å². The third kappa shape index (κ3) is 6.60. The number of allylic oxidation sites excluding steroid dienone is 1. The molecule has 0 aliphatic heterocycles. The van der Waals surface area contributed by atoms with Crippen LogP contribution in [-0.2, 0) is 0 Å². The Morgan fingerprint density at radius 1 is 1.38 bits per heavy atom. The quantitative estimate of drug-likeness (QED) is 0.270. The first kappa shape index (κ1) is 15.2. The summed E-state index contributed by atoms with van der Waals surface area (Å²) >= 11 is 0. The summed E-state index contributed by atoms with van der Waals surface area (Å²) in [5, 5.41) is 11.8. The SMILES string of the molecule is C#CCCCCC(F)C=C[N+]([O-])(CC)CC. The van der Waals surface area contributed by atoms with E-state index in [0.717, 1.165) is 12.8 Å². The van der Waals surface area contributed by atoms with E-state index in [1.54, 1.807) is 13.8 Å². The topological polar surface area (TPSA) is 23.1 Å². The van der Waals surface area contributed by atoms with Crippen molar-refractivity contribution >= 4 is 0 Å². The molecule has 3 heteroatoms. The zero-order valence-electron chi connectivity index (χ0n) is 10.3. The van der Waals surface area contributed by atoms with E-state index >= 15 is 0 Å². The molecular weight excluding hydrogens is 205 g/mol.